The van der Waals surface area contributed by atoms with Crippen LogP contribution in [0.4, 0.5) is 0 Å². The smallest absolute Gasteiger partial charge is 0.320 e. The van der Waals surface area contributed by atoms with E-state index < -0.39 is 5.97 Å². The molecule has 94 valence electrons. The summed E-state index contributed by atoms with van der Waals surface area (Å²) in [4.78, 5) is 13.4. The van der Waals surface area contributed by atoms with Crippen LogP contribution in [0.25, 0.3) is 0 Å². The van der Waals surface area contributed by atoms with Crippen molar-refractivity contribution < 1.29 is 9.90 Å². The van der Waals surface area contributed by atoms with E-state index in [0.29, 0.717) is 0 Å². The maximum atomic E-state index is 11.3. The molecule has 3 nitrogen and oxygen atoms in total. The van der Waals surface area contributed by atoms with Crippen molar-refractivity contribution in [3.8, 4) is 0 Å². The molecule has 1 unspecified atom stereocenters. The highest BCUT2D eigenvalue weighted by atomic mass is 16.4. The lowest BCUT2D eigenvalue weighted by Gasteiger charge is -2.33. The van der Waals surface area contributed by atoms with Gasteiger partial charge in [-0.25, -0.2) is 0 Å². The number of piperidine rings is 1. The molecule has 1 fully saturated rings. The number of carboxylic acid groups (broad SMARTS) is 1. The van der Waals surface area contributed by atoms with E-state index in [4.69, 9.17) is 0 Å². The standard InChI is InChI=1S/C13H25NO2/c1-13(2,3)8-7-11(12(15)16)14-9-5-4-6-10-14/h11H,4-10H2,1-3H3,(H,15,16). The quantitative estimate of drug-likeness (QED) is 0.803. The van der Waals surface area contributed by atoms with Crippen LogP contribution in [-0.2, 0) is 4.79 Å². The van der Waals surface area contributed by atoms with Gasteiger partial charge in [-0.1, -0.05) is 27.2 Å². The van der Waals surface area contributed by atoms with Gasteiger partial charge in [-0.3, -0.25) is 9.69 Å². The van der Waals surface area contributed by atoms with Gasteiger partial charge in [0.15, 0.2) is 0 Å². The van der Waals surface area contributed by atoms with Crippen LogP contribution < -0.4 is 0 Å². The van der Waals surface area contributed by atoms with Crippen molar-refractivity contribution in [1.82, 2.24) is 4.90 Å². The molecule has 0 aromatic heterocycles. The van der Waals surface area contributed by atoms with Gasteiger partial charge in [-0.05, 0) is 44.2 Å². The molecule has 1 rings (SSSR count). The topological polar surface area (TPSA) is 40.5 Å². The van der Waals surface area contributed by atoms with Gasteiger partial charge in [0, 0.05) is 0 Å². The third-order valence-electron chi connectivity index (χ3n) is 3.28. The molecule has 1 N–H and O–H groups in total. The summed E-state index contributed by atoms with van der Waals surface area (Å²) < 4.78 is 0. The molecule has 1 aliphatic rings. The summed E-state index contributed by atoms with van der Waals surface area (Å²) >= 11 is 0. The minimum Gasteiger partial charge on any atom is -0.480 e. The molecule has 0 amide bonds. The predicted octanol–water partition coefficient (Wildman–Crippen LogP) is 2.75. The van der Waals surface area contributed by atoms with Gasteiger partial charge in [-0.15, -0.1) is 0 Å². The number of nitrogens with zero attached hydrogens (tertiary/aromatic N) is 1. The number of hydrogen-bond acceptors (Lipinski definition) is 2. The summed E-state index contributed by atoms with van der Waals surface area (Å²) in [5.41, 5.74) is 0.226. The van der Waals surface area contributed by atoms with Gasteiger partial charge in [0.1, 0.15) is 6.04 Å². The molecule has 0 aliphatic carbocycles. The van der Waals surface area contributed by atoms with Gasteiger partial charge in [0.2, 0.25) is 0 Å². The Morgan fingerprint density at radius 3 is 2.25 bits per heavy atom. The van der Waals surface area contributed by atoms with E-state index in [2.05, 4.69) is 25.7 Å². The highest BCUT2D eigenvalue weighted by molar-refractivity contribution is 5.73. The van der Waals surface area contributed by atoms with Crippen molar-refractivity contribution in [1.29, 1.82) is 0 Å². The van der Waals surface area contributed by atoms with Crippen LogP contribution in [-0.4, -0.2) is 35.1 Å². The lowest BCUT2D eigenvalue weighted by molar-refractivity contribution is -0.144. The van der Waals surface area contributed by atoms with Crippen molar-refractivity contribution in [2.45, 2.75) is 58.9 Å². The van der Waals surface area contributed by atoms with Gasteiger partial charge >= 0.3 is 5.97 Å². The largest absolute Gasteiger partial charge is 0.480 e. The predicted molar refractivity (Wildman–Crippen MR) is 65.5 cm³/mol. The summed E-state index contributed by atoms with van der Waals surface area (Å²) in [5.74, 6) is -0.647. The highest BCUT2D eigenvalue weighted by Gasteiger charge is 2.27. The normalized spacial score (nSPS) is 20.7. The molecule has 0 radical (unpaired) electrons. The zero-order valence-corrected chi connectivity index (χ0v) is 10.8. The van der Waals surface area contributed by atoms with Gasteiger partial charge in [-0.2, -0.15) is 0 Å². The van der Waals surface area contributed by atoms with E-state index in [0.717, 1.165) is 38.8 Å². The van der Waals surface area contributed by atoms with E-state index in [9.17, 15) is 9.90 Å². The van der Waals surface area contributed by atoms with E-state index in [1.165, 1.54) is 6.42 Å². The summed E-state index contributed by atoms with van der Waals surface area (Å²) in [6.07, 6.45) is 5.31. The molecule has 1 heterocycles. The third-order valence-corrected chi connectivity index (χ3v) is 3.28. The molecule has 0 saturated carbocycles. The molecular weight excluding hydrogens is 202 g/mol. The summed E-state index contributed by atoms with van der Waals surface area (Å²) in [6, 6.07) is -0.264. The Hall–Kier alpha value is -0.570. The van der Waals surface area contributed by atoms with E-state index >= 15 is 0 Å². The van der Waals surface area contributed by atoms with Crippen LogP contribution in [0, 0.1) is 5.41 Å². The van der Waals surface area contributed by atoms with E-state index in [-0.39, 0.29) is 11.5 Å². The zero-order valence-electron chi connectivity index (χ0n) is 10.8. The first-order valence-electron chi connectivity index (χ1n) is 6.37. The van der Waals surface area contributed by atoms with Gasteiger partial charge in [0.25, 0.3) is 0 Å². The molecular formula is C13H25NO2. The minimum absolute atomic E-state index is 0.226. The Kier molecular flexibility index (Phi) is 4.78. The fraction of sp³-hybridized carbons (Fsp3) is 0.923. The first-order chi connectivity index (χ1) is 7.40. The van der Waals surface area contributed by atoms with Crippen LogP contribution in [0.1, 0.15) is 52.9 Å². The molecule has 3 heteroatoms. The average molecular weight is 227 g/mol. The Morgan fingerprint density at radius 1 is 1.25 bits per heavy atom. The van der Waals surface area contributed by atoms with Crippen LogP contribution in [0.3, 0.4) is 0 Å². The Labute approximate surface area is 98.8 Å². The maximum Gasteiger partial charge on any atom is 0.320 e. The van der Waals surface area contributed by atoms with Gasteiger partial charge < -0.3 is 5.11 Å². The second-order valence-corrected chi connectivity index (χ2v) is 6.05. The molecule has 0 aromatic rings. The SMILES string of the molecule is CC(C)(C)CCC(C(=O)O)N1CCCCC1. The molecule has 1 aliphatic heterocycles. The number of likely N-dealkylation sites (tertiary alicyclic amines) is 1. The Balaban J connectivity index is 2.49. The molecule has 16 heavy (non-hydrogen) atoms. The molecule has 1 atom stereocenters. The molecule has 0 bridgehead atoms. The van der Waals surface area contributed by atoms with Gasteiger partial charge in [0.05, 0.1) is 0 Å². The number of carboxylic acids is 1. The van der Waals surface area contributed by atoms with Crippen molar-refractivity contribution in [2.75, 3.05) is 13.1 Å². The minimum atomic E-state index is -0.647. The second kappa shape index (κ2) is 5.67. The van der Waals surface area contributed by atoms with Crippen molar-refractivity contribution >= 4 is 5.97 Å². The van der Waals surface area contributed by atoms with E-state index in [1.807, 2.05) is 0 Å². The lowest BCUT2D eigenvalue weighted by Crippen LogP contribution is -2.44. The summed E-state index contributed by atoms with van der Waals surface area (Å²) in [7, 11) is 0. The molecule has 0 aromatic carbocycles. The fourth-order valence-electron chi connectivity index (χ4n) is 2.26. The van der Waals surface area contributed by atoms with Crippen LogP contribution in [0.2, 0.25) is 0 Å². The zero-order chi connectivity index (χ0) is 12.2. The van der Waals surface area contributed by atoms with Crippen molar-refractivity contribution in [3.05, 3.63) is 0 Å². The molecule has 1 saturated heterocycles. The molecule has 0 spiro atoms. The summed E-state index contributed by atoms with van der Waals surface area (Å²) in [6.45, 7) is 8.43. The summed E-state index contributed by atoms with van der Waals surface area (Å²) in [5, 5.41) is 9.28. The first-order valence-corrected chi connectivity index (χ1v) is 6.37. The monoisotopic (exact) mass is 227 g/mol. The maximum absolute atomic E-state index is 11.3. The van der Waals surface area contributed by atoms with Crippen LogP contribution in [0.5, 0.6) is 0 Å². The fourth-order valence-corrected chi connectivity index (χ4v) is 2.26. The highest BCUT2D eigenvalue weighted by Crippen LogP contribution is 2.24. The number of rotatable bonds is 4. The van der Waals surface area contributed by atoms with E-state index in [1.54, 1.807) is 0 Å². The van der Waals surface area contributed by atoms with Crippen LogP contribution in [0.15, 0.2) is 0 Å². The van der Waals surface area contributed by atoms with Crippen molar-refractivity contribution in [3.63, 3.8) is 0 Å². The number of aliphatic carboxylic acids is 1. The average Bonchev–Trinajstić information content (AvgIpc) is 2.17. The number of hydrogen-bond donors (Lipinski definition) is 1. The lowest BCUT2D eigenvalue weighted by atomic mass is 9.88. The number of carbonyl (C=O) groups is 1. The van der Waals surface area contributed by atoms with Crippen LogP contribution >= 0.6 is 0 Å². The first kappa shape index (κ1) is 13.5. The Morgan fingerprint density at radius 2 is 1.81 bits per heavy atom. The Bertz CT molecular complexity index is 227. The van der Waals surface area contributed by atoms with Crippen molar-refractivity contribution in [2.24, 2.45) is 5.41 Å². The second-order valence-electron chi connectivity index (χ2n) is 6.05. The third kappa shape index (κ3) is 4.52.